The predicted molar refractivity (Wildman–Crippen MR) is 140 cm³/mol. The van der Waals surface area contributed by atoms with E-state index in [-0.39, 0.29) is 28.7 Å². The number of guanidine groups is 1. The van der Waals surface area contributed by atoms with Crippen LogP contribution in [-0.4, -0.2) is 61.3 Å². The van der Waals surface area contributed by atoms with Gasteiger partial charge in [0.25, 0.3) is 0 Å². The van der Waals surface area contributed by atoms with Crippen molar-refractivity contribution in [3.05, 3.63) is 35.4 Å². The quantitative estimate of drug-likeness (QED) is 0.290. The van der Waals surface area contributed by atoms with Crippen molar-refractivity contribution in [1.29, 1.82) is 0 Å². The van der Waals surface area contributed by atoms with Crippen LogP contribution in [0.1, 0.15) is 50.2 Å². The van der Waals surface area contributed by atoms with Crippen LogP contribution in [0.3, 0.4) is 0 Å². The summed E-state index contributed by atoms with van der Waals surface area (Å²) < 4.78 is 5.81. The summed E-state index contributed by atoms with van der Waals surface area (Å²) in [5.74, 6) is 0.907. The Kier molecular flexibility index (Phi) is 11.8. The molecule has 0 saturated carbocycles. The number of rotatable bonds is 8. The lowest BCUT2D eigenvalue weighted by Crippen LogP contribution is -2.47. The Balaban J connectivity index is 0.00000320. The minimum absolute atomic E-state index is 0. The highest BCUT2D eigenvalue weighted by Gasteiger charge is 2.31. The molecule has 0 amide bonds. The first-order chi connectivity index (χ1) is 14.2. The molecule has 2 fully saturated rings. The third-order valence-corrected chi connectivity index (χ3v) is 7.48. The molecule has 7 heteroatoms. The molecule has 2 heterocycles. The Morgan fingerprint density at radius 3 is 2.37 bits per heavy atom. The highest BCUT2D eigenvalue weighted by Crippen LogP contribution is 2.32. The summed E-state index contributed by atoms with van der Waals surface area (Å²) in [5, 5.41) is 6.96. The van der Waals surface area contributed by atoms with E-state index in [1.807, 2.05) is 11.8 Å². The second-order valence-corrected chi connectivity index (χ2v) is 9.48. The molecule has 0 aliphatic carbocycles. The van der Waals surface area contributed by atoms with Crippen LogP contribution in [0.25, 0.3) is 0 Å². The fraction of sp³-hybridized carbons (Fsp3) is 0.696. The maximum Gasteiger partial charge on any atom is 0.191 e. The van der Waals surface area contributed by atoms with Gasteiger partial charge in [0.2, 0.25) is 0 Å². The topological polar surface area (TPSA) is 48.9 Å². The number of aliphatic imine (C=N–C) groups is 1. The summed E-state index contributed by atoms with van der Waals surface area (Å²) in [4.78, 5) is 7.39. The predicted octanol–water partition coefficient (Wildman–Crippen LogP) is 4.26. The summed E-state index contributed by atoms with van der Waals surface area (Å²) in [6.07, 6.45) is 8.48. The fourth-order valence-electron chi connectivity index (χ4n) is 4.08. The lowest BCUT2D eigenvalue weighted by atomic mass is 9.99. The zero-order valence-electron chi connectivity index (χ0n) is 18.6. The molecule has 0 unspecified atom stereocenters. The van der Waals surface area contributed by atoms with Gasteiger partial charge < -0.3 is 15.4 Å². The highest BCUT2D eigenvalue weighted by molar-refractivity contribution is 14.0. The summed E-state index contributed by atoms with van der Waals surface area (Å²) >= 11 is 1.95. The summed E-state index contributed by atoms with van der Waals surface area (Å²) in [6, 6.07) is 9.00. The molecule has 0 atom stereocenters. The monoisotopic (exact) mass is 546 g/mol. The average Bonchev–Trinajstić information content (AvgIpc) is 2.78. The molecule has 0 bridgehead atoms. The summed E-state index contributed by atoms with van der Waals surface area (Å²) in [7, 11) is 0. The maximum atomic E-state index is 5.55. The Morgan fingerprint density at radius 2 is 1.73 bits per heavy atom. The van der Waals surface area contributed by atoms with Gasteiger partial charge in [-0.3, -0.25) is 4.90 Å². The van der Waals surface area contributed by atoms with E-state index in [0.717, 1.165) is 51.6 Å². The normalized spacial score (nSPS) is 19.7. The number of ether oxygens (including phenoxy) is 1. The smallest absolute Gasteiger partial charge is 0.191 e. The van der Waals surface area contributed by atoms with Crippen molar-refractivity contribution in [2.24, 2.45) is 4.99 Å². The van der Waals surface area contributed by atoms with E-state index in [1.54, 1.807) is 0 Å². The van der Waals surface area contributed by atoms with Crippen molar-refractivity contribution in [3.8, 4) is 0 Å². The number of thioether (sulfide) groups is 1. The fourth-order valence-corrected chi connectivity index (χ4v) is 4.87. The third kappa shape index (κ3) is 8.20. The number of nitrogens with one attached hydrogen (secondary N) is 2. The number of nitrogens with zero attached hydrogens (tertiary/aromatic N) is 2. The molecular weight excluding hydrogens is 507 g/mol. The molecule has 170 valence electrons. The molecule has 1 aromatic rings. The van der Waals surface area contributed by atoms with Crippen LogP contribution in [0.5, 0.6) is 0 Å². The first-order valence-corrected chi connectivity index (χ1v) is 12.4. The van der Waals surface area contributed by atoms with Crippen LogP contribution in [-0.2, 0) is 17.8 Å². The first-order valence-electron chi connectivity index (χ1n) is 11.2. The number of hydrogen-bond donors (Lipinski definition) is 2. The van der Waals surface area contributed by atoms with Crippen LogP contribution >= 0.6 is 35.7 Å². The Labute approximate surface area is 204 Å². The van der Waals surface area contributed by atoms with Crippen LogP contribution in [0.4, 0.5) is 0 Å². The van der Waals surface area contributed by atoms with Crippen LogP contribution in [0.2, 0.25) is 0 Å². The van der Waals surface area contributed by atoms with E-state index >= 15 is 0 Å². The van der Waals surface area contributed by atoms with E-state index < -0.39 is 0 Å². The lowest BCUT2D eigenvalue weighted by molar-refractivity contribution is 0.0783. The van der Waals surface area contributed by atoms with E-state index in [1.165, 1.54) is 43.5 Å². The molecule has 0 spiro atoms. The maximum absolute atomic E-state index is 5.55. The van der Waals surface area contributed by atoms with Crippen molar-refractivity contribution < 1.29 is 4.74 Å². The van der Waals surface area contributed by atoms with Crippen LogP contribution in [0.15, 0.2) is 29.3 Å². The average molecular weight is 547 g/mol. The molecule has 2 N–H and O–H groups in total. The van der Waals surface area contributed by atoms with Crippen LogP contribution in [0, 0.1) is 0 Å². The molecule has 0 radical (unpaired) electrons. The standard InChI is InChI=1S/C23H38N4OS.HI/c1-3-24-22(26-19-23(29-2)11-15-28-16-12-23)25-17-20-7-9-21(10-8-20)18-27-13-5-4-6-14-27;/h7-10H,3-6,11-19H2,1-2H3,(H2,24,25,26);1H. The first kappa shape index (κ1) is 25.7. The second-order valence-electron chi connectivity index (χ2n) is 8.20. The molecule has 2 aliphatic rings. The molecule has 0 aromatic heterocycles. The van der Waals surface area contributed by atoms with Gasteiger partial charge in [-0.2, -0.15) is 11.8 Å². The van der Waals surface area contributed by atoms with Gasteiger partial charge in [-0.05, 0) is 63.1 Å². The Morgan fingerprint density at radius 1 is 1.07 bits per heavy atom. The van der Waals surface area contributed by atoms with E-state index in [2.05, 4.69) is 53.0 Å². The SMILES string of the molecule is CCNC(=NCc1ccc(CN2CCCCC2)cc1)NCC1(SC)CCOCC1.I. The largest absolute Gasteiger partial charge is 0.381 e. The van der Waals surface area contributed by atoms with E-state index in [4.69, 9.17) is 9.73 Å². The molecular formula is C23H39IN4OS. The Bertz CT molecular complexity index is 629. The minimum atomic E-state index is 0. The second kappa shape index (κ2) is 13.8. The summed E-state index contributed by atoms with van der Waals surface area (Å²) in [6.45, 7) is 9.91. The Hall–Kier alpha value is -0.510. The zero-order valence-corrected chi connectivity index (χ0v) is 21.8. The number of hydrogen-bond acceptors (Lipinski definition) is 4. The van der Waals surface area contributed by atoms with Gasteiger partial charge in [0.1, 0.15) is 0 Å². The van der Waals surface area contributed by atoms with Crippen molar-refractivity contribution in [2.45, 2.75) is 56.9 Å². The minimum Gasteiger partial charge on any atom is -0.381 e. The van der Waals surface area contributed by atoms with E-state index in [0.29, 0.717) is 6.54 Å². The van der Waals surface area contributed by atoms with Gasteiger partial charge in [0.05, 0.1) is 6.54 Å². The van der Waals surface area contributed by atoms with Crippen molar-refractivity contribution in [2.75, 3.05) is 45.6 Å². The molecule has 3 rings (SSSR count). The van der Waals surface area contributed by atoms with Gasteiger partial charge in [0, 0.05) is 37.6 Å². The molecule has 2 aliphatic heterocycles. The van der Waals surface area contributed by atoms with Crippen molar-refractivity contribution in [3.63, 3.8) is 0 Å². The van der Waals surface area contributed by atoms with Gasteiger partial charge in [-0.1, -0.05) is 30.7 Å². The van der Waals surface area contributed by atoms with Gasteiger partial charge in [-0.25, -0.2) is 4.99 Å². The van der Waals surface area contributed by atoms with Crippen LogP contribution < -0.4 is 10.6 Å². The van der Waals surface area contributed by atoms with Gasteiger partial charge in [0.15, 0.2) is 5.96 Å². The third-order valence-electron chi connectivity index (χ3n) is 6.06. The van der Waals surface area contributed by atoms with Crippen molar-refractivity contribution >= 4 is 41.7 Å². The molecule has 1 aromatic carbocycles. The number of piperidine rings is 1. The number of likely N-dealkylation sites (tertiary alicyclic amines) is 1. The van der Waals surface area contributed by atoms with Crippen molar-refractivity contribution in [1.82, 2.24) is 15.5 Å². The highest BCUT2D eigenvalue weighted by atomic mass is 127. The number of halogens is 1. The lowest BCUT2D eigenvalue weighted by Gasteiger charge is -2.36. The van der Waals surface area contributed by atoms with Gasteiger partial charge >= 0.3 is 0 Å². The summed E-state index contributed by atoms with van der Waals surface area (Å²) in [5.41, 5.74) is 2.67. The molecule has 2 saturated heterocycles. The zero-order chi connectivity index (χ0) is 20.4. The van der Waals surface area contributed by atoms with E-state index in [9.17, 15) is 0 Å². The molecule has 30 heavy (non-hydrogen) atoms. The number of benzene rings is 1. The molecule has 5 nitrogen and oxygen atoms in total. The van der Waals surface area contributed by atoms with Gasteiger partial charge in [-0.15, -0.1) is 24.0 Å².